The van der Waals surface area contributed by atoms with Crippen LogP contribution >= 0.6 is 0 Å². The van der Waals surface area contributed by atoms with Gasteiger partial charge in [-0.3, -0.25) is 4.55 Å². The fourth-order valence-corrected chi connectivity index (χ4v) is 4.44. The van der Waals surface area contributed by atoms with E-state index in [2.05, 4.69) is 30.3 Å². The summed E-state index contributed by atoms with van der Waals surface area (Å²) >= 11 is 0. The fourth-order valence-electron chi connectivity index (χ4n) is 3.96. The van der Waals surface area contributed by atoms with E-state index in [9.17, 15) is 13.5 Å². The molecule has 26 heavy (non-hydrogen) atoms. The SMILES string of the molecule is Cc1ccc(S(=O)(=O)O)cc1.OC12CC[N+](Cc3ccccc3)(CC1)C2. The van der Waals surface area contributed by atoms with Crippen LogP contribution in [0.15, 0.2) is 59.5 Å². The average Bonchev–Trinajstić information content (AvgIpc) is 3.09. The monoisotopic (exact) mass is 376 g/mol. The van der Waals surface area contributed by atoms with Crippen molar-refractivity contribution in [2.24, 2.45) is 0 Å². The van der Waals surface area contributed by atoms with Gasteiger partial charge in [0, 0.05) is 18.4 Å². The summed E-state index contributed by atoms with van der Waals surface area (Å²) in [4.78, 5) is -0.0666. The van der Waals surface area contributed by atoms with E-state index in [-0.39, 0.29) is 10.5 Å². The first-order chi connectivity index (χ1) is 12.2. The lowest BCUT2D eigenvalue weighted by molar-refractivity contribution is -0.922. The van der Waals surface area contributed by atoms with Crippen molar-refractivity contribution in [1.82, 2.24) is 0 Å². The van der Waals surface area contributed by atoms with Gasteiger partial charge in [0.2, 0.25) is 0 Å². The maximum atomic E-state index is 10.5. The van der Waals surface area contributed by atoms with E-state index in [1.165, 1.54) is 17.7 Å². The molecule has 2 bridgehead atoms. The number of quaternary nitrogens is 1. The maximum Gasteiger partial charge on any atom is 0.294 e. The van der Waals surface area contributed by atoms with Gasteiger partial charge in [-0.2, -0.15) is 8.42 Å². The van der Waals surface area contributed by atoms with E-state index in [0.717, 1.165) is 49.1 Å². The Morgan fingerprint density at radius 3 is 2.04 bits per heavy atom. The molecule has 2 aliphatic rings. The van der Waals surface area contributed by atoms with Crippen molar-refractivity contribution in [2.75, 3.05) is 19.6 Å². The molecular weight excluding hydrogens is 350 g/mol. The minimum Gasteiger partial charge on any atom is -0.384 e. The van der Waals surface area contributed by atoms with Gasteiger partial charge in [-0.25, -0.2) is 0 Å². The van der Waals surface area contributed by atoms with E-state index < -0.39 is 10.1 Å². The lowest BCUT2D eigenvalue weighted by Crippen LogP contribution is -2.42. The fraction of sp³-hybridized carbons (Fsp3) is 0.400. The largest absolute Gasteiger partial charge is 0.384 e. The number of fused-ring (bicyclic) bond motifs is 2. The van der Waals surface area contributed by atoms with Crippen LogP contribution in [0.4, 0.5) is 0 Å². The van der Waals surface area contributed by atoms with Gasteiger partial charge in [0.25, 0.3) is 10.1 Å². The smallest absolute Gasteiger partial charge is 0.294 e. The van der Waals surface area contributed by atoms with E-state index in [0.29, 0.717) is 0 Å². The van der Waals surface area contributed by atoms with Crippen LogP contribution < -0.4 is 0 Å². The topological polar surface area (TPSA) is 74.6 Å². The van der Waals surface area contributed by atoms with Crippen molar-refractivity contribution in [1.29, 1.82) is 0 Å². The molecule has 0 radical (unpaired) electrons. The highest BCUT2D eigenvalue weighted by molar-refractivity contribution is 7.85. The Hall–Kier alpha value is -1.73. The Kier molecular flexibility index (Phi) is 5.21. The summed E-state index contributed by atoms with van der Waals surface area (Å²) in [6.45, 7) is 6.23. The molecule has 5 nitrogen and oxygen atoms in total. The number of nitrogens with zero attached hydrogens (tertiary/aromatic N) is 1. The minimum absolute atomic E-state index is 0.0666. The Morgan fingerprint density at radius 1 is 1.00 bits per heavy atom. The number of aryl methyl sites for hydroxylation is 1. The second kappa shape index (κ2) is 7.12. The Morgan fingerprint density at radius 2 is 1.58 bits per heavy atom. The van der Waals surface area contributed by atoms with Crippen LogP contribution in [0.3, 0.4) is 0 Å². The number of benzene rings is 2. The standard InChI is InChI=1S/C13H18NO.C7H8O3S/c15-13-6-8-14(11-13,9-7-13)10-12-4-2-1-3-5-12;1-6-2-4-7(5-3-6)11(8,9)10/h1-5,15H,6-11H2;2-5H,1H3,(H,8,9,10)/q+1;. The summed E-state index contributed by atoms with van der Waals surface area (Å²) in [5.74, 6) is 0. The third-order valence-corrected chi connectivity index (χ3v) is 6.28. The van der Waals surface area contributed by atoms with Gasteiger partial charge in [-0.1, -0.05) is 48.0 Å². The third kappa shape index (κ3) is 4.51. The molecule has 0 aliphatic carbocycles. The zero-order valence-electron chi connectivity index (χ0n) is 15.0. The van der Waals surface area contributed by atoms with Crippen molar-refractivity contribution in [3.8, 4) is 0 Å². The molecule has 2 fully saturated rings. The third-order valence-electron chi connectivity index (χ3n) is 5.41. The quantitative estimate of drug-likeness (QED) is 0.638. The second-order valence-corrected chi connectivity index (χ2v) is 9.02. The number of piperidine rings is 1. The van der Waals surface area contributed by atoms with Crippen LogP contribution in [0, 0.1) is 6.92 Å². The Labute approximate surface area is 155 Å². The highest BCUT2D eigenvalue weighted by atomic mass is 32.2. The van der Waals surface area contributed by atoms with E-state index >= 15 is 0 Å². The summed E-state index contributed by atoms with van der Waals surface area (Å²) in [5, 5.41) is 10.2. The van der Waals surface area contributed by atoms with Crippen LogP contribution in [0.1, 0.15) is 24.0 Å². The maximum absolute atomic E-state index is 10.5. The molecule has 4 rings (SSSR count). The molecular formula is C20H26NO4S+. The molecule has 0 saturated carbocycles. The van der Waals surface area contributed by atoms with Gasteiger partial charge in [0.05, 0.1) is 18.0 Å². The van der Waals surface area contributed by atoms with E-state index in [4.69, 9.17) is 4.55 Å². The molecule has 140 valence electrons. The predicted molar refractivity (Wildman–Crippen MR) is 100 cm³/mol. The van der Waals surface area contributed by atoms with Crippen molar-refractivity contribution in [2.45, 2.75) is 36.8 Å². The van der Waals surface area contributed by atoms with Crippen LogP contribution in [0.25, 0.3) is 0 Å². The lowest BCUT2D eigenvalue weighted by atomic mass is 10.0. The summed E-state index contributed by atoms with van der Waals surface area (Å²) < 4.78 is 30.7. The van der Waals surface area contributed by atoms with E-state index in [1.54, 1.807) is 12.1 Å². The summed E-state index contributed by atoms with van der Waals surface area (Å²) in [6.07, 6.45) is 2.00. The number of rotatable bonds is 3. The zero-order chi connectivity index (χ0) is 18.8. The Balaban J connectivity index is 0.000000160. The Bertz CT molecular complexity index is 839. The molecule has 2 aromatic carbocycles. The molecule has 2 aliphatic heterocycles. The summed E-state index contributed by atoms with van der Waals surface area (Å²) in [7, 11) is -4.02. The highest BCUT2D eigenvalue weighted by Gasteiger charge is 2.54. The van der Waals surface area contributed by atoms with Crippen LogP contribution in [0.5, 0.6) is 0 Å². The van der Waals surface area contributed by atoms with Crippen molar-refractivity contribution >= 4 is 10.1 Å². The molecule has 2 N–H and O–H groups in total. The van der Waals surface area contributed by atoms with Crippen LogP contribution in [-0.2, 0) is 16.7 Å². The van der Waals surface area contributed by atoms with Crippen LogP contribution in [0.2, 0.25) is 0 Å². The van der Waals surface area contributed by atoms with Crippen LogP contribution in [-0.4, -0.2) is 47.8 Å². The molecule has 2 heterocycles. The van der Waals surface area contributed by atoms with Gasteiger partial charge in [-0.05, 0) is 19.1 Å². The predicted octanol–water partition coefficient (Wildman–Crippen LogP) is 2.78. The minimum atomic E-state index is -4.02. The van der Waals surface area contributed by atoms with Crippen molar-refractivity contribution in [3.05, 3.63) is 65.7 Å². The van der Waals surface area contributed by atoms with Crippen molar-refractivity contribution in [3.63, 3.8) is 0 Å². The van der Waals surface area contributed by atoms with Gasteiger partial charge in [0.1, 0.15) is 18.7 Å². The van der Waals surface area contributed by atoms with Crippen molar-refractivity contribution < 1.29 is 22.6 Å². The normalized spacial score (nSPS) is 27.0. The molecule has 0 amide bonds. The first kappa shape index (κ1) is 19.0. The molecule has 0 atom stereocenters. The number of hydrogen-bond acceptors (Lipinski definition) is 3. The van der Waals surface area contributed by atoms with E-state index in [1.807, 2.05) is 6.92 Å². The summed E-state index contributed by atoms with van der Waals surface area (Å²) in [5.41, 5.74) is 2.04. The molecule has 0 spiro atoms. The van der Waals surface area contributed by atoms with Gasteiger partial charge in [0.15, 0.2) is 0 Å². The second-order valence-electron chi connectivity index (χ2n) is 7.60. The summed E-state index contributed by atoms with van der Waals surface area (Å²) in [6, 6.07) is 16.7. The highest BCUT2D eigenvalue weighted by Crippen LogP contribution is 2.40. The molecule has 2 aromatic rings. The number of aliphatic hydroxyl groups is 1. The first-order valence-corrected chi connectivity index (χ1v) is 10.3. The molecule has 6 heteroatoms. The lowest BCUT2D eigenvalue weighted by Gasteiger charge is -2.31. The molecule has 0 aromatic heterocycles. The van der Waals surface area contributed by atoms with Gasteiger partial charge in [-0.15, -0.1) is 0 Å². The zero-order valence-corrected chi connectivity index (χ0v) is 15.8. The first-order valence-electron chi connectivity index (χ1n) is 8.85. The molecule has 2 saturated heterocycles. The average molecular weight is 376 g/mol. The van der Waals surface area contributed by atoms with Gasteiger partial charge < -0.3 is 9.59 Å². The van der Waals surface area contributed by atoms with Gasteiger partial charge >= 0.3 is 0 Å². The number of hydrogen-bond donors (Lipinski definition) is 2. The molecule has 0 unspecified atom stereocenters.